The first-order valence-electron chi connectivity index (χ1n) is 5.85. The molecule has 2 heterocycles. The highest BCUT2D eigenvalue weighted by Crippen LogP contribution is 2.30. The summed E-state index contributed by atoms with van der Waals surface area (Å²) in [4.78, 5) is 8.69. The zero-order chi connectivity index (χ0) is 12.6. The Labute approximate surface area is 106 Å². The number of hydrogen-bond donors (Lipinski definition) is 1. The summed E-state index contributed by atoms with van der Waals surface area (Å²) >= 11 is 1.71. The highest BCUT2D eigenvalue weighted by molar-refractivity contribution is 7.18. The molecule has 2 aromatic heterocycles. The van der Waals surface area contributed by atoms with Crippen LogP contribution in [0.5, 0.6) is 0 Å². The van der Waals surface area contributed by atoms with Gasteiger partial charge in [0.1, 0.15) is 12.1 Å². The SMILES string of the molecule is Cc1csc2c(NC(C)C(C)(C)C)ncnc12. The maximum absolute atomic E-state index is 4.36. The topological polar surface area (TPSA) is 37.8 Å². The molecule has 1 unspecified atom stereocenters. The van der Waals surface area contributed by atoms with Crippen LogP contribution in [0.4, 0.5) is 5.82 Å². The maximum atomic E-state index is 4.36. The largest absolute Gasteiger partial charge is 0.366 e. The van der Waals surface area contributed by atoms with Gasteiger partial charge in [-0.2, -0.15) is 0 Å². The molecule has 0 bridgehead atoms. The zero-order valence-electron chi connectivity index (χ0n) is 11.0. The van der Waals surface area contributed by atoms with Gasteiger partial charge in [0.2, 0.25) is 0 Å². The lowest BCUT2D eigenvalue weighted by atomic mass is 9.88. The van der Waals surface area contributed by atoms with Gasteiger partial charge in [-0.25, -0.2) is 9.97 Å². The van der Waals surface area contributed by atoms with Gasteiger partial charge in [0.25, 0.3) is 0 Å². The molecule has 1 atom stereocenters. The molecule has 3 nitrogen and oxygen atoms in total. The number of hydrogen-bond acceptors (Lipinski definition) is 4. The van der Waals surface area contributed by atoms with Gasteiger partial charge in [-0.1, -0.05) is 20.8 Å². The normalized spacial score (nSPS) is 13.9. The molecule has 0 spiro atoms. The number of rotatable bonds is 2. The predicted octanol–water partition coefficient (Wildman–Crippen LogP) is 3.85. The molecule has 0 aliphatic heterocycles. The third-order valence-electron chi connectivity index (χ3n) is 3.18. The Morgan fingerprint density at radius 1 is 1.29 bits per heavy atom. The number of thiophene rings is 1. The number of nitrogens with one attached hydrogen (secondary N) is 1. The molecule has 17 heavy (non-hydrogen) atoms. The molecule has 1 N–H and O–H groups in total. The van der Waals surface area contributed by atoms with Crippen LogP contribution < -0.4 is 5.32 Å². The van der Waals surface area contributed by atoms with E-state index in [9.17, 15) is 0 Å². The first kappa shape index (κ1) is 12.3. The summed E-state index contributed by atoms with van der Waals surface area (Å²) in [5.74, 6) is 0.954. The molecule has 0 amide bonds. The van der Waals surface area contributed by atoms with Crippen molar-refractivity contribution in [2.75, 3.05) is 5.32 Å². The summed E-state index contributed by atoms with van der Waals surface area (Å²) < 4.78 is 1.15. The zero-order valence-corrected chi connectivity index (χ0v) is 11.9. The van der Waals surface area contributed by atoms with Crippen LogP contribution in [0.25, 0.3) is 10.2 Å². The van der Waals surface area contributed by atoms with Crippen LogP contribution in [0.3, 0.4) is 0 Å². The van der Waals surface area contributed by atoms with E-state index in [0.29, 0.717) is 6.04 Å². The maximum Gasteiger partial charge on any atom is 0.147 e. The fourth-order valence-corrected chi connectivity index (χ4v) is 2.45. The molecule has 92 valence electrons. The molecular formula is C13H19N3S. The first-order valence-corrected chi connectivity index (χ1v) is 6.73. The fourth-order valence-electron chi connectivity index (χ4n) is 1.49. The standard InChI is InChI=1S/C13H19N3S/c1-8-6-17-11-10(8)14-7-15-12(11)16-9(2)13(3,4)5/h6-7,9H,1-5H3,(H,14,15,16). The van der Waals surface area contributed by atoms with Gasteiger partial charge in [-0.3, -0.25) is 0 Å². The number of aromatic nitrogens is 2. The summed E-state index contributed by atoms with van der Waals surface area (Å²) in [7, 11) is 0. The molecule has 2 rings (SSSR count). The molecule has 2 aromatic rings. The molecule has 0 aliphatic rings. The fraction of sp³-hybridized carbons (Fsp3) is 0.538. The Morgan fingerprint density at radius 3 is 2.65 bits per heavy atom. The van der Waals surface area contributed by atoms with Gasteiger partial charge >= 0.3 is 0 Å². The molecule has 4 heteroatoms. The Hall–Kier alpha value is -1.16. The average molecular weight is 249 g/mol. The lowest BCUT2D eigenvalue weighted by molar-refractivity contribution is 0.359. The third kappa shape index (κ3) is 2.41. The van der Waals surface area contributed by atoms with Crippen LogP contribution in [-0.4, -0.2) is 16.0 Å². The number of nitrogens with zero attached hydrogens (tertiary/aromatic N) is 2. The smallest absolute Gasteiger partial charge is 0.147 e. The Morgan fingerprint density at radius 2 is 2.00 bits per heavy atom. The molecule has 0 radical (unpaired) electrons. The highest BCUT2D eigenvalue weighted by Gasteiger charge is 2.21. The van der Waals surface area contributed by atoms with Gasteiger partial charge in [-0.15, -0.1) is 11.3 Å². The van der Waals surface area contributed by atoms with E-state index >= 15 is 0 Å². The lowest BCUT2D eigenvalue weighted by Gasteiger charge is -2.28. The minimum absolute atomic E-state index is 0.212. The van der Waals surface area contributed by atoms with Crippen molar-refractivity contribution in [3.05, 3.63) is 17.3 Å². The minimum Gasteiger partial charge on any atom is -0.366 e. The Balaban J connectivity index is 2.37. The quantitative estimate of drug-likeness (QED) is 0.878. The summed E-state index contributed by atoms with van der Waals surface area (Å²) in [5.41, 5.74) is 2.50. The van der Waals surface area contributed by atoms with E-state index in [1.165, 1.54) is 5.56 Å². The second-order valence-electron chi connectivity index (χ2n) is 5.55. The van der Waals surface area contributed by atoms with E-state index in [0.717, 1.165) is 16.0 Å². The number of anilines is 1. The van der Waals surface area contributed by atoms with Crippen LogP contribution in [0, 0.1) is 12.3 Å². The van der Waals surface area contributed by atoms with Crippen LogP contribution in [0.2, 0.25) is 0 Å². The number of aryl methyl sites for hydroxylation is 1. The summed E-state index contributed by atoms with van der Waals surface area (Å²) in [6, 6.07) is 0.364. The van der Waals surface area contributed by atoms with Gasteiger partial charge < -0.3 is 5.32 Å². The Kier molecular flexibility index (Phi) is 3.08. The van der Waals surface area contributed by atoms with E-state index < -0.39 is 0 Å². The van der Waals surface area contributed by atoms with Crippen molar-refractivity contribution in [3.63, 3.8) is 0 Å². The molecule has 0 saturated carbocycles. The number of fused-ring (bicyclic) bond motifs is 1. The van der Waals surface area contributed by atoms with Crippen LogP contribution >= 0.6 is 11.3 Å². The second-order valence-corrected chi connectivity index (χ2v) is 6.43. The summed E-state index contributed by atoms with van der Waals surface area (Å²) in [5, 5.41) is 5.63. The molecule has 0 aromatic carbocycles. The third-order valence-corrected chi connectivity index (χ3v) is 4.28. The van der Waals surface area contributed by atoms with Crippen molar-refractivity contribution in [1.29, 1.82) is 0 Å². The van der Waals surface area contributed by atoms with Crippen LogP contribution in [-0.2, 0) is 0 Å². The summed E-state index contributed by atoms with van der Waals surface area (Å²) in [6.45, 7) is 10.9. The Bertz CT molecular complexity index is 525. The van der Waals surface area contributed by atoms with Crippen molar-refractivity contribution in [2.45, 2.75) is 40.7 Å². The minimum atomic E-state index is 0.212. The van der Waals surface area contributed by atoms with E-state index in [1.807, 2.05) is 0 Å². The second kappa shape index (κ2) is 4.26. The van der Waals surface area contributed by atoms with E-state index in [2.05, 4.69) is 55.3 Å². The van der Waals surface area contributed by atoms with Crippen molar-refractivity contribution < 1.29 is 0 Å². The van der Waals surface area contributed by atoms with Gasteiger partial charge in [0, 0.05) is 6.04 Å². The molecule has 0 aliphatic carbocycles. The van der Waals surface area contributed by atoms with E-state index in [-0.39, 0.29) is 5.41 Å². The van der Waals surface area contributed by atoms with Gasteiger partial charge in [0.15, 0.2) is 0 Å². The van der Waals surface area contributed by atoms with Crippen LogP contribution in [0.1, 0.15) is 33.3 Å². The predicted molar refractivity (Wildman–Crippen MR) is 74.7 cm³/mol. The van der Waals surface area contributed by atoms with Crippen molar-refractivity contribution in [2.24, 2.45) is 5.41 Å². The van der Waals surface area contributed by atoms with E-state index in [4.69, 9.17) is 0 Å². The molecular weight excluding hydrogens is 230 g/mol. The monoisotopic (exact) mass is 249 g/mol. The van der Waals surface area contributed by atoms with E-state index in [1.54, 1.807) is 17.7 Å². The average Bonchev–Trinajstić information content (AvgIpc) is 2.60. The molecule has 0 fully saturated rings. The van der Waals surface area contributed by atoms with Gasteiger partial charge in [-0.05, 0) is 30.2 Å². The molecule has 0 saturated heterocycles. The highest BCUT2D eigenvalue weighted by atomic mass is 32.1. The lowest BCUT2D eigenvalue weighted by Crippen LogP contribution is -2.31. The van der Waals surface area contributed by atoms with Crippen LogP contribution in [0.15, 0.2) is 11.7 Å². The van der Waals surface area contributed by atoms with Crippen molar-refractivity contribution >= 4 is 27.4 Å². The van der Waals surface area contributed by atoms with Gasteiger partial charge in [0.05, 0.1) is 10.2 Å². The van der Waals surface area contributed by atoms with Crippen molar-refractivity contribution in [3.8, 4) is 0 Å². The first-order chi connectivity index (χ1) is 7.89. The summed E-state index contributed by atoms with van der Waals surface area (Å²) in [6.07, 6.45) is 1.64. The van der Waals surface area contributed by atoms with Crippen molar-refractivity contribution in [1.82, 2.24) is 9.97 Å².